The van der Waals surface area contributed by atoms with Crippen LogP contribution in [0, 0.1) is 0 Å². The van der Waals surface area contributed by atoms with E-state index in [0.29, 0.717) is 15.7 Å². The molecule has 0 unspecified atom stereocenters. The number of rotatable bonds is 3. The van der Waals surface area contributed by atoms with Gasteiger partial charge in [-0.1, -0.05) is 39.1 Å². The summed E-state index contributed by atoms with van der Waals surface area (Å²) in [6.07, 6.45) is 0. The first kappa shape index (κ1) is 12.1. The van der Waals surface area contributed by atoms with Gasteiger partial charge in [-0.05, 0) is 18.2 Å². The van der Waals surface area contributed by atoms with Crippen LogP contribution in [0.5, 0.6) is 0 Å². The molecule has 0 radical (unpaired) electrons. The molecule has 0 aliphatic carbocycles. The van der Waals surface area contributed by atoms with Crippen LogP contribution in [0.2, 0.25) is 10.0 Å². The lowest BCUT2D eigenvalue weighted by Crippen LogP contribution is -2.12. The lowest BCUT2D eigenvalue weighted by atomic mass is 10.3. The Morgan fingerprint density at radius 3 is 2.14 bits per heavy atom. The van der Waals surface area contributed by atoms with Crippen molar-refractivity contribution in [2.75, 3.05) is 9.38 Å². The first-order valence-corrected chi connectivity index (χ1v) is 6.98. The molecule has 0 aliphatic heterocycles. The van der Waals surface area contributed by atoms with E-state index in [2.05, 4.69) is 20.7 Å². The summed E-state index contributed by atoms with van der Waals surface area (Å²) < 4.78 is 24.4. The number of hydrogen-bond donors (Lipinski definition) is 1. The van der Waals surface area contributed by atoms with E-state index in [1.54, 1.807) is 0 Å². The molecule has 0 aromatic heterocycles. The van der Waals surface area contributed by atoms with Gasteiger partial charge in [0.15, 0.2) is 0 Å². The largest absolute Gasteiger partial charge is 0.283 e. The highest BCUT2D eigenvalue weighted by Gasteiger charge is 2.08. The summed E-state index contributed by atoms with van der Waals surface area (Å²) in [5, 5.41) is 0.759. The number of nitrogens with one attached hydrogen (secondary N) is 1. The van der Waals surface area contributed by atoms with E-state index in [1.165, 1.54) is 18.2 Å². The maximum atomic E-state index is 11.1. The highest BCUT2D eigenvalue weighted by molar-refractivity contribution is 9.10. The van der Waals surface area contributed by atoms with E-state index in [0.717, 1.165) is 0 Å². The minimum absolute atomic E-state index is 0.176. The Morgan fingerprint density at radius 2 is 1.71 bits per heavy atom. The number of benzene rings is 1. The van der Waals surface area contributed by atoms with Crippen molar-refractivity contribution in [3.63, 3.8) is 0 Å². The lowest BCUT2D eigenvalue weighted by Gasteiger charge is -2.05. The van der Waals surface area contributed by atoms with Gasteiger partial charge in [-0.15, -0.1) is 0 Å². The third-order valence-corrected chi connectivity index (χ3v) is 4.36. The Balaban J connectivity index is 2.98. The van der Waals surface area contributed by atoms with Crippen molar-refractivity contribution in [3.05, 3.63) is 28.2 Å². The average molecular weight is 319 g/mol. The highest BCUT2D eigenvalue weighted by Crippen LogP contribution is 2.23. The Morgan fingerprint density at radius 1 is 1.21 bits per heavy atom. The fourth-order valence-electron chi connectivity index (χ4n) is 0.820. The molecule has 78 valence electrons. The second-order valence-electron chi connectivity index (χ2n) is 2.48. The first-order valence-electron chi connectivity index (χ1n) is 3.45. The summed E-state index contributed by atoms with van der Waals surface area (Å²) >= 11 is 14.2. The van der Waals surface area contributed by atoms with Crippen LogP contribution in [-0.2, 0) is 10.0 Å². The fourth-order valence-corrected chi connectivity index (χ4v) is 2.22. The van der Waals surface area contributed by atoms with E-state index in [-0.39, 0.29) is 4.66 Å². The molecule has 0 bridgehead atoms. The molecule has 14 heavy (non-hydrogen) atoms. The van der Waals surface area contributed by atoms with Gasteiger partial charge in [0, 0.05) is 10.0 Å². The van der Waals surface area contributed by atoms with Gasteiger partial charge in [0.2, 0.25) is 10.0 Å². The third-order valence-electron chi connectivity index (χ3n) is 1.28. The predicted octanol–water partition coefficient (Wildman–Crippen LogP) is 3.09. The summed E-state index contributed by atoms with van der Waals surface area (Å²) in [5.41, 5.74) is 0.349. The van der Waals surface area contributed by atoms with E-state index in [1.807, 2.05) is 0 Å². The maximum absolute atomic E-state index is 11.1. The Bertz CT molecular complexity index is 415. The van der Waals surface area contributed by atoms with Gasteiger partial charge in [0.05, 0.1) is 5.69 Å². The van der Waals surface area contributed by atoms with E-state index >= 15 is 0 Å². The fraction of sp³-hybridized carbons (Fsp3) is 0.143. The summed E-state index contributed by atoms with van der Waals surface area (Å²) in [6.45, 7) is 0. The topological polar surface area (TPSA) is 46.2 Å². The van der Waals surface area contributed by atoms with Gasteiger partial charge in [-0.25, -0.2) is 8.42 Å². The van der Waals surface area contributed by atoms with Crippen molar-refractivity contribution < 1.29 is 8.42 Å². The number of sulfonamides is 1. The van der Waals surface area contributed by atoms with Crippen LogP contribution in [0.15, 0.2) is 18.2 Å². The van der Waals surface area contributed by atoms with Crippen molar-refractivity contribution in [1.82, 2.24) is 0 Å². The quantitative estimate of drug-likeness (QED) is 0.870. The van der Waals surface area contributed by atoms with Gasteiger partial charge in [-0.2, -0.15) is 0 Å². The molecule has 0 heterocycles. The van der Waals surface area contributed by atoms with Gasteiger partial charge >= 0.3 is 0 Å². The number of hydrogen-bond acceptors (Lipinski definition) is 2. The molecule has 0 saturated carbocycles. The van der Waals surface area contributed by atoms with Crippen molar-refractivity contribution in [2.24, 2.45) is 0 Å². The van der Waals surface area contributed by atoms with Crippen LogP contribution in [0.4, 0.5) is 5.69 Å². The molecule has 1 rings (SSSR count). The summed E-state index contributed by atoms with van der Waals surface area (Å²) in [5.74, 6) is 0. The zero-order valence-electron chi connectivity index (χ0n) is 6.80. The molecule has 0 saturated heterocycles. The molecule has 0 fully saturated rings. The van der Waals surface area contributed by atoms with E-state index in [9.17, 15) is 8.42 Å². The Hall–Kier alpha value is 0.0300. The Labute approximate surface area is 101 Å². The summed E-state index contributed by atoms with van der Waals surface area (Å²) in [6, 6.07) is 4.48. The molecular formula is C7H6BrCl2NO2S. The van der Waals surface area contributed by atoms with Crippen molar-refractivity contribution >= 4 is 54.8 Å². The predicted molar refractivity (Wildman–Crippen MR) is 62.8 cm³/mol. The highest BCUT2D eigenvalue weighted by atomic mass is 79.9. The minimum atomic E-state index is -3.36. The lowest BCUT2D eigenvalue weighted by molar-refractivity contribution is 0.606. The van der Waals surface area contributed by atoms with Crippen LogP contribution in [-0.4, -0.2) is 13.1 Å². The normalized spacial score (nSPS) is 11.4. The van der Waals surface area contributed by atoms with Crippen LogP contribution < -0.4 is 4.72 Å². The van der Waals surface area contributed by atoms with E-state index < -0.39 is 10.0 Å². The van der Waals surface area contributed by atoms with Crippen molar-refractivity contribution in [3.8, 4) is 0 Å². The second kappa shape index (κ2) is 4.70. The third kappa shape index (κ3) is 3.65. The van der Waals surface area contributed by atoms with Crippen LogP contribution in [0.25, 0.3) is 0 Å². The van der Waals surface area contributed by atoms with Gasteiger partial charge in [0.1, 0.15) is 4.66 Å². The summed E-state index contributed by atoms with van der Waals surface area (Å²) in [4.78, 5) is 0. The molecule has 1 N–H and O–H groups in total. The van der Waals surface area contributed by atoms with Crippen LogP contribution >= 0.6 is 39.1 Å². The van der Waals surface area contributed by atoms with E-state index in [4.69, 9.17) is 23.2 Å². The monoisotopic (exact) mass is 317 g/mol. The minimum Gasteiger partial charge on any atom is -0.283 e. The second-order valence-corrected chi connectivity index (χ2v) is 6.38. The SMILES string of the molecule is O=S(=O)(CBr)Nc1cc(Cl)cc(Cl)c1. The maximum Gasteiger partial charge on any atom is 0.242 e. The standard InChI is InChI=1S/C7H6BrCl2NO2S/c8-4-14(12,13)11-7-2-5(9)1-6(10)3-7/h1-3,11H,4H2. The number of anilines is 1. The van der Waals surface area contributed by atoms with Crippen molar-refractivity contribution in [1.29, 1.82) is 0 Å². The van der Waals surface area contributed by atoms with Gasteiger partial charge < -0.3 is 0 Å². The molecule has 0 aliphatic rings. The molecule has 3 nitrogen and oxygen atoms in total. The Kier molecular flexibility index (Phi) is 4.06. The van der Waals surface area contributed by atoms with Crippen LogP contribution in [0.3, 0.4) is 0 Å². The zero-order valence-corrected chi connectivity index (χ0v) is 10.7. The molecule has 1 aromatic carbocycles. The van der Waals surface area contributed by atoms with Crippen LogP contribution in [0.1, 0.15) is 0 Å². The zero-order chi connectivity index (χ0) is 10.8. The van der Waals surface area contributed by atoms with Crippen molar-refractivity contribution in [2.45, 2.75) is 0 Å². The number of halogens is 3. The van der Waals surface area contributed by atoms with Gasteiger partial charge in [0.25, 0.3) is 0 Å². The molecular weight excluding hydrogens is 313 g/mol. The number of alkyl halides is 1. The molecule has 1 aromatic rings. The average Bonchev–Trinajstić information content (AvgIpc) is 2.01. The molecule has 0 atom stereocenters. The molecule has 7 heteroatoms. The molecule has 0 amide bonds. The summed E-state index contributed by atoms with van der Waals surface area (Å²) in [7, 11) is -3.36. The molecule has 0 spiro atoms. The smallest absolute Gasteiger partial charge is 0.242 e. The van der Waals surface area contributed by atoms with Gasteiger partial charge in [-0.3, -0.25) is 4.72 Å². The first-order chi connectivity index (χ1) is 6.43.